The van der Waals surface area contributed by atoms with Gasteiger partial charge in [-0.15, -0.1) is 0 Å². The first-order valence-electron chi connectivity index (χ1n) is 6.22. The largest absolute Gasteiger partial charge is 0.281 e. The van der Waals surface area contributed by atoms with Crippen molar-refractivity contribution < 1.29 is 12.6 Å². The molecular weight excluding hydrogens is 276 g/mol. The molecule has 2 rings (SSSR count). The Morgan fingerprint density at radius 3 is 2.25 bits per heavy atom. The number of benzene rings is 1. The van der Waals surface area contributed by atoms with Gasteiger partial charge >= 0.3 is 0 Å². The Balaban J connectivity index is 2.68. The molecule has 0 aliphatic heterocycles. The van der Waals surface area contributed by atoms with Gasteiger partial charge in [-0.1, -0.05) is 30.3 Å². The third kappa shape index (κ3) is 2.44. The van der Waals surface area contributed by atoms with Crippen LogP contribution in [-0.4, -0.2) is 25.0 Å². The standard InChI is InChI=1S/C14H16N2O3S/c1-3-19-20(17,18)14(2,12-7-5-4-6-8-12)13-9-15-11-16-10-13/h4-11H,3H2,1-2H3. The molecule has 0 radical (unpaired) electrons. The van der Waals surface area contributed by atoms with E-state index in [-0.39, 0.29) is 6.61 Å². The third-order valence-corrected chi connectivity index (χ3v) is 5.23. The van der Waals surface area contributed by atoms with Crippen LogP contribution in [0, 0.1) is 0 Å². The summed E-state index contributed by atoms with van der Waals surface area (Å²) < 4.78 is 28.8. The fourth-order valence-electron chi connectivity index (χ4n) is 2.03. The van der Waals surface area contributed by atoms with Crippen molar-refractivity contribution in [2.75, 3.05) is 6.61 Å². The van der Waals surface area contributed by atoms with Gasteiger partial charge in [0.1, 0.15) is 11.1 Å². The van der Waals surface area contributed by atoms with Crippen LogP contribution in [-0.2, 0) is 19.0 Å². The average molecular weight is 292 g/mol. The lowest BCUT2D eigenvalue weighted by Gasteiger charge is -2.28. The lowest BCUT2D eigenvalue weighted by atomic mass is 9.94. The molecule has 0 N–H and O–H groups in total. The molecular formula is C14H16N2O3S. The first-order chi connectivity index (χ1) is 9.52. The van der Waals surface area contributed by atoms with E-state index in [1.165, 1.54) is 18.7 Å². The zero-order valence-electron chi connectivity index (χ0n) is 11.4. The summed E-state index contributed by atoms with van der Waals surface area (Å²) in [6, 6.07) is 8.92. The average Bonchev–Trinajstić information content (AvgIpc) is 2.48. The van der Waals surface area contributed by atoms with E-state index in [9.17, 15) is 8.42 Å². The third-order valence-electron chi connectivity index (χ3n) is 3.21. The highest BCUT2D eigenvalue weighted by molar-refractivity contribution is 7.88. The minimum Gasteiger partial charge on any atom is -0.269 e. The van der Waals surface area contributed by atoms with E-state index >= 15 is 0 Å². The Kier molecular flexibility index (Phi) is 4.15. The van der Waals surface area contributed by atoms with E-state index in [2.05, 4.69) is 9.97 Å². The van der Waals surface area contributed by atoms with Gasteiger partial charge < -0.3 is 0 Å². The molecule has 0 spiro atoms. The van der Waals surface area contributed by atoms with Crippen molar-refractivity contribution in [1.82, 2.24) is 9.97 Å². The topological polar surface area (TPSA) is 69.2 Å². The number of rotatable bonds is 5. The van der Waals surface area contributed by atoms with Crippen LogP contribution in [0.2, 0.25) is 0 Å². The summed E-state index contributed by atoms with van der Waals surface area (Å²) in [4.78, 5) is 7.84. The summed E-state index contributed by atoms with van der Waals surface area (Å²) in [7, 11) is -3.86. The maximum Gasteiger partial charge on any atom is 0.281 e. The monoisotopic (exact) mass is 292 g/mol. The molecule has 0 saturated carbocycles. The summed E-state index contributed by atoms with van der Waals surface area (Å²) in [5.74, 6) is 0. The first kappa shape index (κ1) is 14.6. The van der Waals surface area contributed by atoms with Gasteiger partial charge in [0.15, 0.2) is 0 Å². The smallest absolute Gasteiger partial charge is 0.269 e. The highest BCUT2D eigenvalue weighted by Gasteiger charge is 2.44. The van der Waals surface area contributed by atoms with Crippen LogP contribution in [0.3, 0.4) is 0 Å². The Morgan fingerprint density at radius 1 is 1.10 bits per heavy atom. The molecule has 1 aromatic heterocycles. The fraction of sp³-hybridized carbons (Fsp3) is 0.286. The molecule has 0 bridgehead atoms. The van der Waals surface area contributed by atoms with Crippen LogP contribution >= 0.6 is 0 Å². The Hall–Kier alpha value is -1.79. The summed E-state index contributed by atoms with van der Waals surface area (Å²) in [6.07, 6.45) is 4.36. The zero-order chi connectivity index (χ0) is 14.6. The molecule has 0 aliphatic carbocycles. The quantitative estimate of drug-likeness (QED) is 0.789. The molecule has 0 saturated heterocycles. The second kappa shape index (κ2) is 5.68. The number of nitrogens with zero attached hydrogens (tertiary/aromatic N) is 2. The van der Waals surface area contributed by atoms with Gasteiger partial charge in [0.25, 0.3) is 10.1 Å². The van der Waals surface area contributed by atoms with E-state index < -0.39 is 14.9 Å². The number of hydrogen-bond acceptors (Lipinski definition) is 5. The van der Waals surface area contributed by atoms with E-state index in [0.717, 1.165) is 0 Å². The summed E-state index contributed by atoms with van der Waals surface area (Å²) >= 11 is 0. The molecule has 1 unspecified atom stereocenters. The second-order valence-corrected chi connectivity index (χ2v) is 6.35. The van der Waals surface area contributed by atoms with Crippen molar-refractivity contribution in [3.63, 3.8) is 0 Å². The Morgan fingerprint density at radius 2 is 1.70 bits per heavy atom. The highest BCUT2D eigenvalue weighted by Crippen LogP contribution is 2.37. The Labute approximate surface area is 118 Å². The number of aromatic nitrogens is 2. The fourth-order valence-corrected chi connectivity index (χ4v) is 3.39. The SMILES string of the molecule is CCOS(=O)(=O)C(C)(c1ccccc1)c1cncnc1. The van der Waals surface area contributed by atoms with Crippen molar-refractivity contribution in [3.05, 3.63) is 60.2 Å². The van der Waals surface area contributed by atoms with Crippen molar-refractivity contribution in [2.45, 2.75) is 18.6 Å². The molecule has 2 aromatic rings. The first-order valence-corrected chi connectivity index (χ1v) is 7.63. The van der Waals surface area contributed by atoms with Gasteiger partial charge in [0.05, 0.1) is 6.61 Å². The Bertz CT molecular complexity index is 618. The van der Waals surface area contributed by atoms with E-state index in [4.69, 9.17) is 4.18 Å². The van der Waals surface area contributed by atoms with Gasteiger partial charge in [0.2, 0.25) is 0 Å². The highest BCUT2D eigenvalue weighted by atomic mass is 32.2. The van der Waals surface area contributed by atoms with Crippen LogP contribution in [0.25, 0.3) is 0 Å². The van der Waals surface area contributed by atoms with Gasteiger partial charge in [-0.3, -0.25) is 4.18 Å². The van der Waals surface area contributed by atoms with Crippen LogP contribution in [0.5, 0.6) is 0 Å². The predicted molar refractivity (Wildman–Crippen MR) is 75.5 cm³/mol. The molecule has 20 heavy (non-hydrogen) atoms. The lowest BCUT2D eigenvalue weighted by Crippen LogP contribution is -2.35. The molecule has 0 aliphatic rings. The normalized spacial score (nSPS) is 14.7. The lowest BCUT2D eigenvalue weighted by molar-refractivity contribution is 0.323. The molecule has 6 heteroatoms. The van der Waals surface area contributed by atoms with Crippen LogP contribution in [0.1, 0.15) is 25.0 Å². The second-order valence-electron chi connectivity index (χ2n) is 4.39. The maximum atomic E-state index is 12.6. The summed E-state index contributed by atoms with van der Waals surface area (Å²) in [5, 5.41) is 0. The van der Waals surface area contributed by atoms with Crippen LogP contribution in [0.4, 0.5) is 0 Å². The molecule has 0 fully saturated rings. The van der Waals surface area contributed by atoms with Crippen molar-refractivity contribution in [1.29, 1.82) is 0 Å². The van der Waals surface area contributed by atoms with Crippen molar-refractivity contribution in [3.8, 4) is 0 Å². The van der Waals surface area contributed by atoms with Gasteiger partial charge in [0, 0.05) is 18.0 Å². The minimum absolute atomic E-state index is 0.0818. The molecule has 1 atom stereocenters. The molecule has 106 valence electrons. The molecule has 0 amide bonds. The zero-order valence-corrected chi connectivity index (χ0v) is 12.2. The summed E-state index contributed by atoms with van der Waals surface area (Å²) in [6.45, 7) is 3.33. The van der Waals surface area contributed by atoms with Crippen molar-refractivity contribution in [2.24, 2.45) is 0 Å². The van der Waals surface area contributed by atoms with E-state index in [0.29, 0.717) is 11.1 Å². The molecule has 1 heterocycles. The molecule has 1 aromatic carbocycles. The van der Waals surface area contributed by atoms with Crippen LogP contribution < -0.4 is 0 Å². The van der Waals surface area contributed by atoms with Gasteiger partial charge in [-0.25, -0.2) is 9.97 Å². The van der Waals surface area contributed by atoms with Gasteiger partial charge in [-0.05, 0) is 19.4 Å². The van der Waals surface area contributed by atoms with E-state index in [1.54, 1.807) is 38.1 Å². The summed E-state index contributed by atoms with van der Waals surface area (Å²) in [5.41, 5.74) is 1.09. The minimum atomic E-state index is -3.86. The van der Waals surface area contributed by atoms with E-state index in [1.807, 2.05) is 6.07 Å². The number of hydrogen-bond donors (Lipinski definition) is 0. The predicted octanol–water partition coefficient (Wildman–Crippen LogP) is 2.11. The van der Waals surface area contributed by atoms with Crippen molar-refractivity contribution >= 4 is 10.1 Å². The molecule has 5 nitrogen and oxygen atoms in total. The van der Waals surface area contributed by atoms with Gasteiger partial charge in [-0.2, -0.15) is 8.42 Å². The van der Waals surface area contributed by atoms with Crippen LogP contribution in [0.15, 0.2) is 49.1 Å². The maximum absolute atomic E-state index is 12.6.